The molecule has 0 aliphatic carbocycles. The van der Waals surface area contributed by atoms with Gasteiger partial charge in [0.15, 0.2) is 0 Å². The fourth-order valence-corrected chi connectivity index (χ4v) is 0.616. The standard InChI is InChI=1S/C6H13FN2O2.ClH/c7-3-5(10)4(8)1-2-6(9)11;/h4-5,10H,1-3,8H2,(H2,9,11);1H. The van der Waals surface area contributed by atoms with Crippen molar-refractivity contribution in [3.63, 3.8) is 0 Å². The average molecular weight is 201 g/mol. The van der Waals surface area contributed by atoms with E-state index in [2.05, 4.69) is 0 Å². The number of primary amides is 1. The van der Waals surface area contributed by atoms with Crippen LogP contribution in [0.3, 0.4) is 0 Å². The molecule has 0 radical (unpaired) electrons. The molecule has 6 heteroatoms. The normalized spacial score (nSPS) is 14.6. The minimum absolute atomic E-state index is 0. The van der Waals surface area contributed by atoms with Gasteiger partial charge < -0.3 is 16.6 Å². The third-order valence-electron chi connectivity index (χ3n) is 1.38. The summed E-state index contributed by atoms with van der Waals surface area (Å²) in [6.07, 6.45) is -0.882. The summed E-state index contributed by atoms with van der Waals surface area (Å²) in [5.74, 6) is -0.494. The summed E-state index contributed by atoms with van der Waals surface area (Å²) in [6, 6.07) is -0.701. The molecular formula is C6H14ClFN2O2. The van der Waals surface area contributed by atoms with Crippen LogP contribution < -0.4 is 11.5 Å². The molecule has 4 nitrogen and oxygen atoms in total. The predicted octanol–water partition coefficient (Wildman–Crippen LogP) is -0.669. The summed E-state index contributed by atoms with van der Waals surface area (Å²) in [6.45, 7) is -0.889. The Morgan fingerprint density at radius 2 is 2.08 bits per heavy atom. The van der Waals surface area contributed by atoms with Crippen molar-refractivity contribution in [1.82, 2.24) is 0 Å². The van der Waals surface area contributed by atoms with Crippen LogP contribution >= 0.6 is 12.4 Å². The van der Waals surface area contributed by atoms with Crippen LogP contribution in [0.5, 0.6) is 0 Å². The molecule has 0 rings (SSSR count). The molecule has 0 fully saturated rings. The molecule has 12 heavy (non-hydrogen) atoms. The molecule has 0 aromatic heterocycles. The maximum Gasteiger partial charge on any atom is 0.217 e. The van der Waals surface area contributed by atoms with Crippen molar-refractivity contribution in [2.75, 3.05) is 6.67 Å². The molecule has 0 heterocycles. The van der Waals surface area contributed by atoms with E-state index in [0.717, 1.165) is 0 Å². The zero-order chi connectivity index (χ0) is 8.85. The van der Waals surface area contributed by atoms with E-state index in [0.29, 0.717) is 0 Å². The molecule has 0 aromatic carbocycles. The van der Waals surface area contributed by atoms with E-state index in [9.17, 15) is 9.18 Å². The van der Waals surface area contributed by atoms with Gasteiger partial charge in [-0.2, -0.15) is 0 Å². The van der Waals surface area contributed by atoms with Crippen LogP contribution in [0.25, 0.3) is 0 Å². The van der Waals surface area contributed by atoms with Gasteiger partial charge in [0, 0.05) is 12.5 Å². The number of rotatable bonds is 5. The first-order valence-corrected chi connectivity index (χ1v) is 3.35. The first-order valence-electron chi connectivity index (χ1n) is 3.35. The molecule has 2 atom stereocenters. The van der Waals surface area contributed by atoms with Crippen molar-refractivity contribution in [3.8, 4) is 0 Å². The zero-order valence-electron chi connectivity index (χ0n) is 6.57. The lowest BCUT2D eigenvalue weighted by molar-refractivity contribution is -0.118. The van der Waals surface area contributed by atoms with Crippen molar-refractivity contribution in [1.29, 1.82) is 0 Å². The molecule has 0 aromatic rings. The molecular weight excluding hydrogens is 187 g/mol. The fraction of sp³-hybridized carbons (Fsp3) is 0.833. The van der Waals surface area contributed by atoms with Crippen molar-refractivity contribution in [2.45, 2.75) is 25.0 Å². The highest BCUT2D eigenvalue weighted by Gasteiger charge is 2.14. The Morgan fingerprint density at radius 1 is 1.58 bits per heavy atom. The van der Waals surface area contributed by atoms with Gasteiger partial charge in [-0.25, -0.2) is 4.39 Å². The van der Waals surface area contributed by atoms with Gasteiger partial charge in [-0.05, 0) is 6.42 Å². The molecule has 0 saturated heterocycles. The first-order chi connectivity index (χ1) is 5.07. The molecule has 74 valence electrons. The Bertz CT molecular complexity index is 137. The Kier molecular flexibility index (Phi) is 8.57. The van der Waals surface area contributed by atoms with E-state index in [-0.39, 0.29) is 25.2 Å². The van der Waals surface area contributed by atoms with Gasteiger partial charge in [0.1, 0.15) is 6.67 Å². The van der Waals surface area contributed by atoms with Crippen molar-refractivity contribution < 1.29 is 14.3 Å². The second-order valence-electron chi connectivity index (χ2n) is 2.39. The molecule has 1 amide bonds. The maximum atomic E-state index is 11.7. The van der Waals surface area contributed by atoms with Crippen LogP contribution in [0.1, 0.15) is 12.8 Å². The summed E-state index contributed by atoms with van der Waals surface area (Å²) in [7, 11) is 0. The Balaban J connectivity index is 0. The van der Waals surface area contributed by atoms with Gasteiger partial charge in [-0.15, -0.1) is 12.4 Å². The molecule has 5 N–H and O–H groups in total. The van der Waals surface area contributed by atoms with Crippen molar-refractivity contribution in [3.05, 3.63) is 0 Å². The van der Waals surface area contributed by atoms with Crippen molar-refractivity contribution >= 4 is 18.3 Å². The van der Waals surface area contributed by atoms with Gasteiger partial charge in [0.25, 0.3) is 0 Å². The monoisotopic (exact) mass is 200 g/mol. The lowest BCUT2D eigenvalue weighted by atomic mass is 10.1. The highest BCUT2D eigenvalue weighted by Crippen LogP contribution is 1.99. The van der Waals surface area contributed by atoms with Crippen molar-refractivity contribution in [2.24, 2.45) is 11.5 Å². The lowest BCUT2D eigenvalue weighted by Crippen LogP contribution is -2.36. The van der Waals surface area contributed by atoms with E-state index >= 15 is 0 Å². The molecule has 0 spiro atoms. The smallest absolute Gasteiger partial charge is 0.217 e. The largest absolute Gasteiger partial charge is 0.389 e. The average Bonchev–Trinajstić information content (AvgIpc) is 1.98. The van der Waals surface area contributed by atoms with Gasteiger partial charge in [0.05, 0.1) is 6.10 Å². The maximum absolute atomic E-state index is 11.7. The minimum atomic E-state index is -1.19. The molecule has 0 aliphatic rings. The number of alkyl halides is 1. The number of hydrogen-bond acceptors (Lipinski definition) is 3. The molecule has 2 unspecified atom stereocenters. The van der Waals surface area contributed by atoms with E-state index in [4.69, 9.17) is 16.6 Å². The summed E-state index contributed by atoms with van der Waals surface area (Å²) in [5, 5.41) is 8.79. The van der Waals surface area contributed by atoms with Crippen LogP contribution in [-0.4, -0.2) is 29.8 Å². The highest BCUT2D eigenvalue weighted by atomic mass is 35.5. The quantitative estimate of drug-likeness (QED) is 0.550. The molecule has 0 bridgehead atoms. The third-order valence-corrected chi connectivity index (χ3v) is 1.38. The number of carbonyl (C=O) groups is 1. The van der Waals surface area contributed by atoms with Crippen LogP contribution in [0.4, 0.5) is 4.39 Å². The van der Waals surface area contributed by atoms with E-state index in [1.807, 2.05) is 0 Å². The second-order valence-corrected chi connectivity index (χ2v) is 2.39. The van der Waals surface area contributed by atoms with Crippen LogP contribution in [0.2, 0.25) is 0 Å². The second kappa shape index (κ2) is 7.27. The number of amides is 1. The number of halogens is 2. The van der Waals surface area contributed by atoms with Crippen LogP contribution in [-0.2, 0) is 4.79 Å². The Labute approximate surface area is 76.5 Å². The van der Waals surface area contributed by atoms with E-state index < -0.39 is 24.7 Å². The number of nitrogens with two attached hydrogens (primary N) is 2. The summed E-state index contributed by atoms with van der Waals surface area (Å²) >= 11 is 0. The van der Waals surface area contributed by atoms with E-state index in [1.54, 1.807) is 0 Å². The van der Waals surface area contributed by atoms with Gasteiger partial charge in [-0.1, -0.05) is 0 Å². The summed E-state index contributed by atoms with van der Waals surface area (Å²) in [5.41, 5.74) is 10.1. The summed E-state index contributed by atoms with van der Waals surface area (Å²) in [4.78, 5) is 10.2. The highest BCUT2D eigenvalue weighted by molar-refractivity contribution is 5.85. The minimum Gasteiger partial charge on any atom is -0.389 e. The lowest BCUT2D eigenvalue weighted by Gasteiger charge is -2.13. The number of aliphatic hydroxyl groups excluding tert-OH is 1. The third kappa shape index (κ3) is 6.33. The number of hydrogen-bond donors (Lipinski definition) is 3. The number of aliphatic hydroxyl groups is 1. The SMILES string of the molecule is Cl.NC(=O)CCC(N)C(O)CF. The zero-order valence-corrected chi connectivity index (χ0v) is 7.39. The Hall–Kier alpha value is -0.390. The Morgan fingerprint density at radius 3 is 2.42 bits per heavy atom. The molecule has 0 saturated carbocycles. The van der Waals surface area contributed by atoms with Gasteiger partial charge in [0.2, 0.25) is 5.91 Å². The van der Waals surface area contributed by atoms with E-state index in [1.165, 1.54) is 0 Å². The fourth-order valence-electron chi connectivity index (χ4n) is 0.616. The topological polar surface area (TPSA) is 89.3 Å². The van der Waals surface area contributed by atoms with Gasteiger partial charge >= 0.3 is 0 Å². The van der Waals surface area contributed by atoms with Gasteiger partial charge in [-0.3, -0.25) is 4.79 Å². The predicted molar refractivity (Wildman–Crippen MR) is 45.6 cm³/mol. The molecule has 0 aliphatic heterocycles. The summed E-state index contributed by atoms with van der Waals surface area (Å²) < 4.78 is 11.7. The van der Waals surface area contributed by atoms with Crippen LogP contribution in [0, 0.1) is 0 Å². The van der Waals surface area contributed by atoms with Crippen LogP contribution in [0.15, 0.2) is 0 Å². The first kappa shape index (κ1) is 14.2. The number of carbonyl (C=O) groups excluding carboxylic acids is 1.